The van der Waals surface area contributed by atoms with E-state index in [2.05, 4.69) is 5.10 Å². The fraction of sp³-hybridized carbons (Fsp3) is 0.0909. The van der Waals surface area contributed by atoms with E-state index in [1.54, 1.807) is 49.5 Å². The second kappa shape index (κ2) is 12.9. The van der Waals surface area contributed by atoms with E-state index in [9.17, 15) is 9.18 Å². The van der Waals surface area contributed by atoms with Crippen LogP contribution in [-0.4, -0.2) is 15.7 Å². The first-order valence-electron chi connectivity index (χ1n) is 12.8. The third-order valence-electron chi connectivity index (χ3n) is 6.30. The van der Waals surface area contributed by atoms with Gasteiger partial charge in [0.25, 0.3) is 5.91 Å². The molecule has 0 aliphatic heterocycles. The van der Waals surface area contributed by atoms with Crippen molar-refractivity contribution in [3.05, 3.63) is 142 Å². The van der Waals surface area contributed by atoms with E-state index in [4.69, 9.17) is 32.7 Å². The minimum atomic E-state index is -0.495. The Hall–Kier alpha value is -4.39. The molecule has 8 heteroatoms. The predicted octanol–water partition coefficient (Wildman–Crippen LogP) is 9.07. The summed E-state index contributed by atoms with van der Waals surface area (Å²) in [7, 11) is 0. The quantitative estimate of drug-likeness (QED) is 0.162. The normalized spacial score (nSPS) is 11.9. The summed E-state index contributed by atoms with van der Waals surface area (Å²) in [5.74, 6) is 0.343. The Morgan fingerprint density at radius 2 is 1.71 bits per heavy atom. The zero-order valence-electron chi connectivity index (χ0n) is 22.0. The maximum absolute atomic E-state index is 14.7. The number of ether oxygens (including phenoxy) is 2. The minimum absolute atomic E-state index is 0.307. The highest BCUT2D eigenvalue weighted by Crippen LogP contribution is 2.28. The van der Waals surface area contributed by atoms with Crippen LogP contribution in [0.4, 0.5) is 4.39 Å². The van der Waals surface area contributed by atoms with Gasteiger partial charge in [-0.25, -0.2) is 9.07 Å². The Labute approximate surface area is 247 Å². The average Bonchev–Trinajstić information content (AvgIpc) is 3.48. The van der Waals surface area contributed by atoms with Crippen molar-refractivity contribution in [2.75, 3.05) is 0 Å². The van der Waals surface area contributed by atoms with E-state index in [0.29, 0.717) is 39.4 Å². The number of halogens is 3. The van der Waals surface area contributed by atoms with E-state index >= 15 is 0 Å². The van der Waals surface area contributed by atoms with E-state index in [1.165, 1.54) is 16.8 Å². The number of rotatable bonds is 9. The van der Waals surface area contributed by atoms with Gasteiger partial charge in [-0.1, -0.05) is 71.7 Å². The molecule has 41 heavy (non-hydrogen) atoms. The lowest BCUT2D eigenvalue weighted by Gasteiger charge is -2.13. The van der Waals surface area contributed by atoms with E-state index in [1.807, 2.05) is 60.7 Å². The summed E-state index contributed by atoms with van der Waals surface area (Å²) in [6.07, 6.45) is 4.20. The van der Waals surface area contributed by atoms with Crippen molar-refractivity contribution in [2.24, 2.45) is 0 Å². The summed E-state index contributed by atoms with van der Waals surface area (Å²) in [4.78, 5) is 12.7. The van der Waals surface area contributed by atoms with Crippen LogP contribution in [0.3, 0.4) is 0 Å². The molecule has 0 spiro atoms. The van der Waals surface area contributed by atoms with Gasteiger partial charge in [-0.2, -0.15) is 5.10 Å². The first-order chi connectivity index (χ1) is 19.9. The third-order valence-corrected chi connectivity index (χ3v) is 6.89. The molecule has 5 rings (SSSR count). The van der Waals surface area contributed by atoms with Crippen molar-refractivity contribution in [1.29, 1.82) is 0 Å². The van der Waals surface area contributed by atoms with Gasteiger partial charge < -0.3 is 9.47 Å². The molecule has 0 saturated heterocycles. The number of carbonyl (C=O) groups excluding carboxylic acids is 1. The molecule has 206 valence electrons. The van der Waals surface area contributed by atoms with E-state index < -0.39 is 6.10 Å². The van der Waals surface area contributed by atoms with Gasteiger partial charge in [0, 0.05) is 39.5 Å². The monoisotopic (exact) mass is 586 g/mol. The Morgan fingerprint density at radius 3 is 2.44 bits per heavy atom. The molecule has 1 atom stereocenters. The second-order valence-electron chi connectivity index (χ2n) is 9.22. The van der Waals surface area contributed by atoms with Crippen LogP contribution in [-0.2, 0) is 6.61 Å². The number of aromatic nitrogens is 2. The lowest BCUT2D eigenvalue weighted by molar-refractivity contribution is 0.0953. The van der Waals surface area contributed by atoms with Crippen molar-refractivity contribution >= 4 is 35.2 Å². The van der Waals surface area contributed by atoms with Crippen LogP contribution in [0.2, 0.25) is 10.0 Å². The van der Waals surface area contributed by atoms with Crippen LogP contribution in [0.15, 0.2) is 109 Å². The molecule has 0 aliphatic rings. The lowest BCUT2D eigenvalue weighted by atomic mass is 10.1. The molecule has 0 bridgehead atoms. The van der Waals surface area contributed by atoms with Crippen LogP contribution in [0.1, 0.15) is 34.6 Å². The largest absolute Gasteiger partial charge is 0.489 e. The molecule has 0 fully saturated rings. The van der Waals surface area contributed by atoms with Crippen LogP contribution in [0.25, 0.3) is 17.2 Å². The summed E-state index contributed by atoms with van der Waals surface area (Å²) in [5.41, 5.74) is 3.48. The Kier molecular flexibility index (Phi) is 8.82. The Bertz CT molecular complexity index is 1690. The van der Waals surface area contributed by atoms with Crippen molar-refractivity contribution in [2.45, 2.75) is 19.6 Å². The minimum Gasteiger partial charge on any atom is -0.489 e. The average molecular weight is 587 g/mol. The molecule has 0 radical (unpaired) electrons. The number of allylic oxidation sites excluding steroid dienone is 1. The summed E-state index contributed by atoms with van der Waals surface area (Å²) in [5, 5.41) is 5.46. The number of nitrogens with zero attached hydrogens (tertiary/aromatic N) is 2. The third kappa shape index (κ3) is 7.23. The second-order valence-corrected chi connectivity index (χ2v) is 10.1. The van der Waals surface area contributed by atoms with E-state index in [0.717, 1.165) is 16.7 Å². The summed E-state index contributed by atoms with van der Waals surface area (Å²) >= 11 is 12.1. The lowest BCUT2D eigenvalue weighted by Crippen LogP contribution is -2.10. The maximum atomic E-state index is 14.7. The molecule has 4 aromatic carbocycles. The molecule has 0 saturated carbocycles. The molecule has 5 nitrogen and oxygen atoms in total. The number of carbonyl (C=O) groups is 1. The molecular formula is C33H25Cl2FN2O3. The van der Waals surface area contributed by atoms with Crippen molar-refractivity contribution in [3.63, 3.8) is 0 Å². The highest BCUT2D eigenvalue weighted by Gasteiger charge is 2.14. The molecule has 0 N–H and O–H groups in total. The zero-order valence-corrected chi connectivity index (χ0v) is 23.5. The van der Waals surface area contributed by atoms with Crippen molar-refractivity contribution in [1.82, 2.24) is 9.78 Å². The maximum Gasteiger partial charge on any atom is 0.270 e. The van der Waals surface area contributed by atoms with Crippen LogP contribution in [0, 0.1) is 5.82 Å². The van der Waals surface area contributed by atoms with Gasteiger partial charge in [-0.15, -0.1) is 0 Å². The standard InChI is InChI=1S/C33H25Cl2FN2O3/c1-22(41-28-14-15-29(31(36)20-28)24-5-3-2-4-6-24)32-17-18-38(37-32)33(39)16-9-23-7-12-27(13-8-23)40-21-25-10-11-26(34)19-30(25)35/h2-20,22H,21H2,1H3/b16-9+/t22-/m1/s1. The molecule has 0 unspecified atom stereocenters. The summed E-state index contributed by atoms with van der Waals surface area (Å²) in [6.45, 7) is 2.10. The molecular weight excluding hydrogens is 562 g/mol. The van der Waals surface area contributed by atoms with Crippen LogP contribution >= 0.6 is 23.2 Å². The predicted molar refractivity (Wildman–Crippen MR) is 160 cm³/mol. The molecule has 5 aromatic rings. The fourth-order valence-corrected chi connectivity index (χ4v) is 4.54. The SMILES string of the molecule is C[C@@H](Oc1ccc(-c2ccccc2)c(F)c1)c1ccn(C(=O)/C=C/c2ccc(OCc3ccc(Cl)cc3Cl)cc2)n1. The number of hydrogen-bond acceptors (Lipinski definition) is 4. The first-order valence-corrected chi connectivity index (χ1v) is 13.6. The van der Waals surface area contributed by atoms with Gasteiger partial charge in [-0.3, -0.25) is 4.79 Å². The van der Waals surface area contributed by atoms with E-state index in [-0.39, 0.29) is 11.7 Å². The highest BCUT2D eigenvalue weighted by atomic mass is 35.5. The number of benzene rings is 4. The van der Waals surface area contributed by atoms with Gasteiger partial charge in [0.1, 0.15) is 35.7 Å². The fourth-order valence-electron chi connectivity index (χ4n) is 4.08. The zero-order chi connectivity index (χ0) is 28.8. The van der Waals surface area contributed by atoms with Gasteiger partial charge in [0.2, 0.25) is 0 Å². The molecule has 1 heterocycles. The molecule has 1 aromatic heterocycles. The Morgan fingerprint density at radius 1 is 0.951 bits per heavy atom. The molecule has 0 aliphatic carbocycles. The smallest absolute Gasteiger partial charge is 0.270 e. The van der Waals surface area contributed by atoms with Gasteiger partial charge in [0.15, 0.2) is 0 Å². The van der Waals surface area contributed by atoms with Gasteiger partial charge in [-0.05, 0) is 66.6 Å². The van der Waals surface area contributed by atoms with Gasteiger partial charge >= 0.3 is 0 Å². The molecule has 0 amide bonds. The summed E-state index contributed by atoms with van der Waals surface area (Å²) in [6, 6.07) is 28.3. The Balaban J connectivity index is 1.16. The topological polar surface area (TPSA) is 53.4 Å². The first kappa shape index (κ1) is 28.1. The van der Waals surface area contributed by atoms with Crippen molar-refractivity contribution in [3.8, 4) is 22.6 Å². The van der Waals surface area contributed by atoms with Gasteiger partial charge in [0.05, 0.1) is 0 Å². The van der Waals surface area contributed by atoms with Crippen LogP contribution in [0.5, 0.6) is 11.5 Å². The summed E-state index contributed by atoms with van der Waals surface area (Å²) < 4.78 is 27.6. The van der Waals surface area contributed by atoms with Crippen molar-refractivity contribution < 1.29 is 18.7 Å². The number of hydrogen-bond donors (Lipinski definition) is 0. The van der Waals surface area contributed by atoms with Crippen LogP contribution < -0.4 is 9.47 Å². The highest BCUT2D eigenvalue weighted by molar-refractivity contribution is 6.35.